The standard InChI is InChI=1S/C13H17NO2.ClH/c15-13(16)12-8-4-5-9-14(12)10-11-6-2-1-3-7-11;/h1-3,6-7,12H,4-5,8-10H2,(H,15,16);1H. The molecule has 2 rings (SSSR count). The number of likely N-dealkylation sites (tertiary alicyclic amines) is 1. The zero-order chi connectivity index (χ0) is 11.4. The molecule has 1 aromatic rings. The molecule has 0 bridgehead atoms. The normalized spacial score (nSPS) is 20.6. The molecule has 0 radical (unpaired) electrons. The minimum absolute atomic E-state index is 0. The lowest BCUT2D eigenvalue weighted by atomic mass is 10.0. The fourth-order valence-corrected chi connectivity index (χ4v) is 2.28. The topological polar surface area (TPSA) is 40.5 Å². The average Bonchev–Trinajstić information content (AvgIpc) is 2.31. The highest BCUT2D eigenvalue weighted by molar-refractivity contribution is 5.85. The van der Waals surface area contributed by atoms with Crippen LogP contribution in [0.15, 0.2) is 30.3 Å². The fraction of sp³-hybridized carbons (Fsp3) is 0.462. The van der Waals surface area contributed by atoms with Gasteiger partial charge in [-0.05, 0) is 24.9 Å². The monoisotopic (exact) mass is 255 g/mol. The highest BCUT2D eigenvalue weighted by atomic mass is 35.5. The van der Waals surface area contributed by atoms with Gasteiger partial charge in [0.05, 0.1) is 0 Å². The first-order valence-corrected chi connectivity index (χ1v) is 5.78. The summed E-state index contributed by atoms with van der Waals surface area (Å²) in [5.74, 6) is -0.685. The Morgan fingerprint density at radius 1 is 1.29 bits per heavy atom. The van der Waals surface area contributed by atoms with E-state index in [9.17, 15) is 4.79 Å². The Kier molecular flexibility index (Phi) is 5.45. The summed E-state index contributed by atoms with van der Waals surface area (Å²) >= 11 is 0. The van der Waals surface area contributed by atoms with Gasteiger partial charge in [-0.3, -0.25) is 9.69 Å². The maximum absolute atomic E-state index is 11.1. The summed E-state index contributed by atoms with van der Waals surface area (Å²) < 4.78 is 0. The molecule has 0 amide bonds. The van der Waals surface area contributed by atoms with E-state index in [1.54, 1.807) is 0 Å². The number of piperidine rings is 1. The number of carboxylic acids is 1. The van der Waals surface area contributed by atoms with Gasteiger partial charge < -0.3 is 5.11 Å². The van der Waals surface area contributed by atoms with E-state index in [0.29, 0.717) is 0 Å². The van der Waals surface area contributed by atoms with Crippen molar-refractivity contribution in [1.29, 1.82) is 0 Å². The summed E-state index contributed by atoms with van der Waals surface area (Å²) in [5, 5.41) is 9.15. The van der Waals surface area contributed by atoms with Crippen LogP contribution in [0.2, 0.25) is 0 Å². The van der Waals surface area contributed by atoms with E-state index in [4.69, 9.17) is 5.11 Å². The van der Waals surface area contributed by atoms with Crippen LogP contribution in [-0.2, 0) is 11.3 Å². The van der Waals surface area contributed by atoms with Gasteiger partial charge in [-0.1, -0.05) is 36.8 Å². The first-order valence-electron chi connectivity index (χ1n) is 5.78. The summed E-state index contributed by atoms with van der Waals surface area (Å²) in [4.78, 5) is 13.2. The predicted octanol–water partition coefficient (Wildman–Crippen LogP) is 2.55. The van der Waals surface area contributed by atoms with Gasteiger partial charge in [-0.25, -0.2) is 0 Å². The van der Waals surface area contributed by atoms with Gasteiger partial charge in [-0.2, -0.15) is 0 Å². The maximum Gasteiger partial charge on any atom is 0.320 e. The van der Waals surface area contributed by atoms with E-state index in [0.717, 1.165) is 32.4 Å². The van der Waals surface area contributed by atoms with Crippen LogP contribution < -0.4 is 0 Å². The van der Waals surface area contributed by atoms with Crippen molar-refractivity contribution < 1.29 is 9.90 Å². The zero-order valence-corrected chi connectivity index (χ0v) is 10.5. The van der Waals surface area contributed by atoms with Crippen molar-refractivity contribution in [2.45, 2.75) is 31.8 Å². The molecule has 1 heterocycles. The van der Waals surface area contributed by atoms with Crippen molar-refractivity contribution in [2.24, 2.45) is 0 Å². The van der Waals surface area contributed by atoms with Crippen LogP contribution in [0.25, 0.3) is 0 Å². The summed E-state index contributed by atoms with van der Waals surface area (Å²) in [6, 6.07) is 9.77. The van der Waals surface area contributed by atoms with Gasteiger partial charge in [0, 0.05) is 6.54 Å². The second-order valence-corrected chi connectivity index (χ2v) is 4.31. The van der Waals surface area contributed by atoms with Crippen molar-refractivity contribution in [2.75, 3.05) is 6.54 Å². The number of nitrogens with zero attached hydrogens (tertiary/aromatic N) is 1. The molecule has 1 unspecified atom stereocenters. The maximum atomic E-state index is 11.1. The SMILES string of the molecule is Cl.O=C(O)C1CCCCN1Cc1ccccc1. The number of aliphatic carboxylic acids is 1. The molecule has 4 heteroatoms. The molecule has 1 aliphatic rings. The molecule has 17 heavy (non-hydrogen) atoms. The van der Waals surface area contributed by atoms with E-state index < -0.39 is 5.97 Å². The molecule has 1 atom stereocenters. The van der Waals surface area contributed by atoms with Crippen LogP contribution in [0.3, 0.4) is 0 Å². The minimum atomic E-state index is -0.685. The van der Waals surface area contributed by atoms with Crippen LogP contribution in [0.5, 0.6) is 0 Å². The van der Waals surface area contributed by atoms with E-state index in [-0.39, 0.29) is 18.4 Å². The van der Waals surface area contributed by atoms with Crippen LogP contribution in [0.1, 0.15) is 24.8 Å². The lowest BCUT2D eigenvalue weighted by molar-refractivity contribution is -0.144. The lowest BCUT2D eigenvalue weighted by Crippen LogP contribution is -2.43. The van der Waals surface area contributed by atoms with Gasteiger partial charge in [0.2, 0.25) is 0 Å². The molecular formula is C13H18ClNO2. The molecule has 94 valence electrons. The number of benzene rings is 1. The second kappa shape index (κ2) is 6.62. The van der Waals surface area contributed by atoms with Crippen molar-refractivity contribution in [3.8, 4) is 0 Å². The van der Waals surface area contributed by atoms with Gasteiger partial charge >= 0.3 is 5.97 Å². The Morgan fingerprint density at radius 3 is 2.65 bits per heavy atom. The fourth-order valence-electron chi connectivity index (χ4n) is 2.28. The number of carboxylic acid groups (broad SMARTS) is 1. The number of hydrogen-bond donors (Lipinski definition) is 1. The highest BCUT2D eigenvalue weighted by Crippen LogP contribution is 2.19. The van der Waals surface area contributed by atoms with Crippen LogP contribution >= 0.6 is 12.4 Å². The van der Waals surface area contributed by atoms with Crippen LogP contribution in [0.4, 0.5) is 0 Å². The Balaban J connectivity index is 0.00000144. The van der Waals surface area contributed by atoms with Crippen molar-refractivity contribution in [1.82, 2.24) is 4.90 Å². The van der Waals surface area contributed by atoms with Crippen molar-refractivity contribution in [3.63, 3.8) is 0 Å². The summed E-state index contributed by atoms with van der Waals surface area (Å²) in [7, 11) is 0. The lowest BCUT2D eigenvalue weighted by Gasteiger charge is -2.32. The molecule has 0 saturated carbocycles. The first-order chi connectivity index (χ1) is 7.77. The van der Waals surface area contributed by atoms with Gasteiger partial charge in [0.25, 0.3) is 0 Å². The number of halogens is 1. The van der Waals surface area contributed by atoms with E-state index in [2.05, 4.69) is 4.90 Å². The molecular weight excluding hydrogens is 238 g/mol. The molecule has 1 aliphatic heterocycles. The summed E-state index contributed by atoms with van der Waals surface area (Å²) in [6.45, 7) is 1.64. The molecule has 0 spiro atoms. The smallest absolute Gasteiger partial charge is 0.320 e. The first kappa shape index (κ1) is 14.0. The Labute approximate surface area is 108 Å². The number of hydrogen-bond acceptors (Lipinski definition) is 2. The van der Waals surface area contributed by atoms with Crippen molar-refractivity contribution >= 4 is 18.4 Å². The third-order valence-corrected chi connectivity index (χ3v) is 3.13. The zero-order valence-electron chi connectivity index (χ0n) is 9.71. The second-order valence-electron chi connectivity index (χ2n) is 4.31. The molecule has 0 aliphatic carbocycles. The molecule has 1 saturated heterocycles. The Bertz CT molecular complexity index is 356. The van der Waals surface area contributed by atoms with Crippen LogP contribution in [-0.4, -0.2) is 28.6 Å². The molecule has 1 aromatic carbocycles. The van der Waals surface area contributed by atoms with Gasteiger partial charge in [-0.15, -0.1) is 12.4 Å². The molecule has 3 nitrogen and oxygen atoms in total. The van der Waals surface area contributed by atoms with Gasteiger partial charge in [0.15, 0.2) is 0 Å². The average molecular weight is 256 g/mol. The Morgan fingerprint density at radius 2 is 2.00 bits per heavy atom. The van der Waals surface area contributed by atoms with E-state index in [1.165, 1.54) is 5.56 Å². The minimum Gasteiger partial charge on any atom is -0.480 e. The summed E-state index contributed by atoms with van der Waals surface area (Å²) in [6.07, 6.45) is 2.92. The van der Waals surface area contributed by atoms with Crippen LogP contribution in [0, 0.1) is 0 Å². The molecule has 1 N–H and O–H groups in total. The molecule has 0 aromatic heterocycles. The van der Waals surface area contributed by atoms with E-state index in [1.807, 2.05) is 30.3 Å². The largest absolute Gasteiger partial charge is 0.480 e. The highest BCUT2D eigenvalue weighted by Gasteiger charge is 2.27. The van der Waals surface area contributed by atoms with E-state index >= 15 is 0 Å². The van der Waals surface area contributed by atoms with Crippen molar-refractivity contribution in [3.05, 3.63) is 35.9 Å². The number of carbonyl (C=O) groups is 1. The molecule has 1 fully saturated rings. The third kappa shape index (κ3) is 3.72. The quantitative estimate of drug-likeness (QED) is 0.902. The van der Waals surface area contributed by atoms with Gasteiger partial charge in [0.1, 0.15) is 6.04 Å². The third-order valence-electron chi connectivity index (χ3n) is 3.13. The number of rotatable bonds is 3. The predicted molar refractivity (Wildman–Crippen MR) is 69.4 cm³/mol. The Hall–Kier alpha value is -1.06. The summed E-state index contributed by atoms with van der Waals surface area (Å²) in [5.41, 5.74) is 1.19.